The molecule has 2 amide bonds. The van der Waals surface area contributed by atoms with Crippen LogP contribution in [0.2, 0.25) is 0 Å². The van der Waals surface area contributed by atoms with Gasteiger partial charge in [0.15, 0.2) is 0 Å². The van der Waals surface area contributed by atoms with Crippen LogP contribution >= 0.6 is 0 Å². The molecule has 0 saturated heterocycles. The van der Waals surface area contributed by atoms with E-state index in [4.69, 9.17) is 0 Å². The van der Waals surface area contributed by atoms with Gasteiger partial charge in [-0.25, -0.2) is 8.42 Å². The highest BCUT2D eigenvalue weighted by molar-refractivity contribution is 7.92. The molecule has 1 atom stereocenters. The summed E-state index contributed by atoms with van der Waals surface area (Å²) in [6.45, 7) is 10.8. The van der Waals surface area contributed by atoms with Gasteiger partial charge in [0.1, 0.15) is 6.04 Å². The molecule has 0 saturated carbocycles. The Morgan fingerprint density at radius 3 is 2.19 bits per heavy atom. The lowest BCUT2D eigenvalue weighted by molar-refractivity contribution is -0.141. The summed E-state index contributed by atoms with van der Waals surface area (Å²) in [4.78, 5) is 29.3. The first-order valence-electron chi connectivity index (χ1n) is 14.6. The van der Waals surface area contributed by atoms with Crippen LogP contribution in [0.4, 0.5) is 5.69 Å². The van der Waals surface area contributed by atoms with Gasteiger partial charge in [-0.15, -0.1) is 0 Å². The highest BCUT2D eigenvalue weighted by atomic mass is 32.2. The standard InChI is InChI=1S/C34H45N3O4S/c1-25(2)23-35-34(39)32(22-29-14-8-7-9-15-29)36(24-30-16-11-10-13-27(30)4)33(38)17-12-20-37(42(6,40)41)31-21-26(3)18-19-28(31)5/h7-11,13-16,18-19,21,25,32H,12,17,20,22-24H2,1-6H3,(H,35,39). The average Bonchev–Trinajstić information content (AvgIpc) is 2.94. The number of nitrogens with one attached hydrogen (secondary N) is 1. The number of aryl methyl sites for hydroxylation is 3. The van der Waals surface area contributed by atoms with E-state index in [1.165, 1.54) is 10.6 Å². The van der Waals surface area contributed by atoms with Crippen molar-refractivity contribution in [3.05, 3.63) is 101 Å². The summed E-state index contributed by atoms with van der Waals surface area (Å²) in [7, 11) is -3.57. The summed E-state index contributed by atoms with van der Waals surface area (Å²) in [6, 6.07) is 22.6. The van der Waals surface area contributed by atoms with Crippen LogP contribution in [-0.4, -0.2) is 50.5 Å². The molecule has 3 aromatic carbocycles. The Balaban J connectivity index is 1.91. The van der Waals surface area contributed by atoms with Gasteiger partial charge in [0, 0.05) is 32.5 Å². The van der Waals surface area contributed by atoms with Crippen molar-refractivity contribution < 1.29 is 18.0 Å². The lowest BCUT2D eigenvalue weighted by Gasteiger charge is -2.32. The number of anilines is 1. The van der Waals surface area contributed by atoms with Crippen LogP contribution in [-0.2, 0) is 32.6 Å². The van der Waals surface area contributed by atoms with Crippen molar-refractivity contribution in [1.29, 1.82) is 0 Å². The molecule has 226 valence electrons. The van der Waals surface area contributed by atoms with Gasteiger partial charge in [-0.3, -0.25) is 13.9 Å². The maximum Gasteiger partial charge on any atom is 0.243 e. The number of hydrogen-bond donors (Lipinski definition) is 1. The number of carbonyl (C=O) groups is 2. The number of carbonyl (C=O) groups excluding carboxylic acids is 2. The fraction of sp³-hybridized carbons (Fsp3) is 0.412. The number of sulfonamides is 1. The maximum absolute atomic E-state index is 14.0. The smallest absolute Gasteiger partial charge is 0.243 e. The van der Waals surface area contributed by atoms with E-state index in [0.29, 0.717) is 25.1 Å². The predicted molar refractivity (Wildman–Crippen MR) is 171 cm³/mol. The van der Waals surface area contributed by atoms with Gasteiger partial charge in [0.2, 0.25) is 21.8 Å². The summed E-state index contributed by atoms with van der Waals surface area (Å²) >= 11 is 0. The Kier molecular flexibility index (Phi) is 11.7. The molecule has 8 heteroatoms. The zero-order chi connectivity index (χ0) is 30.9. The monoisotopic (exact) mass is 591 g/mol. The number of hydrogen-bond acceptors (Lipinski definition) is 4. The first kappa shape index (κ1) is 32.9. The maximum atomic E-state index is 14.0. The Morgan fingerprint density at radius 2 is 1.55 bits per heavy atom. The van der Waals surface area contributed by atoms with E-state index < -0.39 is 16.1 Å². The molecule has 3 rings (SSSR count). The van der Waals surface area contributed by atoms with E-state index in [1.807, 2.05) is 107 Å². The normalized spacial score (nSPS) is 12.2. The second-order valence-corrected chi connectivity index (χ2v) is 13.4. The largest absolute Gasteiger partial charge is 0.354 e. The van der Waals surface area contributed by atoms with Crippen molar-refractivity contribution in [1.82, 2.24) is 10.2 Å². The van der Waals surface area contributed by atoms with Gasteiger partial charge in [-0.05, 0) is 67.0 Å². The molecule has 0 aliphatic carbocycles. The Labute approximate surface area is 252 Å². The topological polar surface area (TPSA) is 86.8 Å². The van der Waals surface area contributed by atoms with E-state index in [9.17, 15) is 18.0 Å². The summed E-state index contributed by atoms with van der Waals surface area (Å²) < 4.78 is 27.0. The van der Waals surface area contributed by atoms with Crippen molar-refractivity contribution in [2.75, 3.05) is 23.7 Å². The van der Waals surface area contributed by atoms with Crippen molar-refractivity contribution in [3.8, 4) is 0 Å². The molecular formula is C34H45N3O4S. The van der Waals surface area contributed by atoms with Gasteiger partial charge in [0.05, 0.1) is 11.9 Å². The van der Waals surface area contributed by atoms with E-state index >= 15 is 0 Å². The van der Waals surface area contributed by atoms with Crippen molar-refractivity contribution in [3.63, 3.8) is 0 Å². The van der Waals surface area contributed by atoms with E-state index in [-0.39, 0.29) is 37.2 Å². The molecule has 1 unspecified atom stereocenters. The van der Waals surface area contributed by atoms with Crippen LogP contribution in [0.5, 0.6) is 0 Å². The SMILES string of the molecule is Cc1ccc(C)c(N(CCCC(=O)N(Cc2ccccc2C)C(Cc2ccccc2)C(=O)NCC(C)C)S(C)(=O)=O)c1. The molecular weight excluding hydrogens is 546 g/mol. The molecule has 0 aliphatic heterocycles. The summed E-state index contributed by atoms with van der Waals surface area (Å²) in [6.07, 6.45) is 1.98. The molecule has 0 heterocycles. The summed E-state index contributed by atoms with van der Waals surface area (Å²) in [5, 5.41) is 3.05. The molecule has 0 aromatic heterocycles. The molecule has 3 aromatic rings. The molecule has 42 heavy (non-hydrogen) atoms. The lowest BCUT2D eigenvalue weighted by Crippen LogP contribution is -2.51. The zero-order valence-corrected chi connectivity index (χ0v) is 26.6. The summed E-state index contributed by atoms with van der Waals surface area (Å²) in [5.74, 6) is -0.116. The second-order valence-electron chi connectivity index (χ2n) is 11.5. The van der Waals surface area contributed by atoms with Gasteiger partial charge in [-0.2, -0.15) is 0 Å². The predicted octanol–water partition coefficient (Wildman–Crippen LogP) is 5.57. The van der Waals surface area contributed by atoms with Crippen LogP contribution in [0, 0.1) is 26.7 Å². The van der Waals surface area contributed by atoms with Crippen LogP contribution in [0.15, 0.2) is 72.8 Å². The van der Waals surface area contributed by atoms with Crippen LogP contribution < -0.4 is 9.62 Å². The average molecular weight is 592 g/mol. The Bertz CT molecular complexity index is 1450. The first-order chi connectivity index (χ1) is 19.9. The van der Waals surface area contributed by atoms with E-state index in [1.54, 1.807) is 4.90 Å². The minimum absolute atomic E-state index is 0.103. The number of nitrogens with zero attached hydrogens (tertiary/aromatic N) is 2. The molecule has 0 aliphatic rings. The Morgan fingerprint density at radius 1 is 0.881 bits per heavy atom. The van der Waals surface area contributed by atoms with Crippen molar-refractivity contribution in [2.45, 2.75) is 66.5 Å². The van der Waals surface area contributed by atoms with Gasteiger partial charge in [-0.1, -0.05) is 80.6 Å². The van der Waals surface area contributed by atoms with Gasteiger partial charge < -0.3 is 10.2 Å². The molecule has 0 spiro atoms. The fourth-order valence-electron chi connectivity index (χ4n) is 4.92. The first-order valence-corrected chi connectivity index (χ1v) is 16.4. The number of benzene rings is 3. The molecule has 0 fully saturated rings. The third-order valence-electron chi connectivity index (χ3n) is 7.34. The lowest BCUT2D eigenvalue weighted by atomic mass is 10.0. The quantitative estimate of drug-likeness (QED) is 0.266. The van der Waals surface area contributed by atoms with Crippen LogP contribution in [0.1, 0.15) is 54.5 Å². The molecule has 0 bridgehead atoms. The van der Waals surface area contributed by atoms with Crippen LogP contribution in [0.3, 0.4) is 0 Å². The van der Waals surface area contributed by atoms with E-state index in [2.05, 4.69) is 5.32 Å². The molecule has 1 N–H and O–H groups in total. The molecule has 0 radical (unpaired) electrons. The zero-order valence-electron chi connectivity index (χ0n) is 25.8. The molecule has 7 nitrogen and oxygen atoms in total. The van der Waals surface area contributed by atoms with Crippen LogP contribution in [0.25, 0.3) is 0 Å². The number of amides is 2. The highest BCUT2D eigenvalue weighted by Gasteiger charge is 2.31. The summed E-state index contributed by atoms with van der Waals surface area (Å²) in [5.41, 5.74) is 5.40. The minimum Gasteiger partial charge on any atom is -0.354 e. The highest BCUT2D eigenvalue weighted by Crippen LogP contribution is 2.25. The minimum atomic E-state index is -3.57. The Hall–Kier alpha value is -3.65. The fourth-order valence-corrected chi connectivity index (χ4v) is 5.93. The third-order valence-corrected chi connectivity index (χ3v) is 8.52. The van der Waals surface area contributed by atoms with E-state index in [0.717, 1.165) is 27.8 Å². The van der Waals surface area contributed by atoms with Gasteiger partial charge in [0.25, 0.3) is 0 Å². The number of rotatable bonds is 14. The van der Waals surface area contributed by atoms with Crippen molar-refractivity contribution in [2.24, 2.45) is 5.92 Å². The van der Waals surface area contributed by atoms with Crippen molar-refractivity contribution >= 4 is 27.5 Å². The van der Waals surface area contributed by atoms with Gasteiger partial charge >= 0.3 is 0 Å². The third kappa shape index (κ3) is 9.44. The second kappa shape index (κ2) is 15.0.